The van der Waals surface area contributed by atoms with E-state index in [-0.39, 0.29) is 24.4 Å². The predicted octanol–water partition coefficient (Wildman–Crippen LogP) is 2.65. The molecule has 2 fully saturated rings. The molecule has 2 aromatic rings. The van der Waals surface area contributed by atoms with E-state index in [4.69, 9.17) is 0 Å². The van der Waals surface area contributed by atoms with Crippen LogP contribution in [0.5, 0.6) is 0 Å². The lowest BCUT2D eigenvalue weighted by Crippen LogP contribution is -2.44. The molecule has 1 heterocycles. The van der Waals surface area contributed by atoms with Gasteiger partial charge in [-0.05, 0) is 48.3 Å². The topological polar surface area (TPSA) is 78.5 Å². The fourth-order valence-electron chi connectivity index (χ4n) is 4.66. The van der Waals surface area contributed by atoms with Gasteiger partial charge in [-0.15, -0.1) is 0 Å². The molecular formula is C23H23N3O3. The fraction of sp³-hybridized carbons (Fsp3) is 0.348. The Morgan fingerprint density at radius 2 is 1.83 bits per heavy atom. The summed E-state index contributed by atoms with van der Waals surface area (Å²) < 4.78 is 0. The van der Waals surface area contributed by atoms with Gasteiger partial charge < -0.3 is 10.6 Å². The third-order valence-electron chi connectivity index (χ3n) is 6.29. The van der Waals surface area contributed by atoms with Crippen molar-refractivity contribution in [3.63, 3.8) is 0 Å². The first kappa shape index (κ1) is 17.9. The van der Waals surface area contributed by atoms with Gasteiger partial charge in [0.15, 0.2) is 0 Å². The molecule has 0 radical (unpaired) electrons. The lowest BCUT2D eigenvalue weighted by molar-refractivity contribution is -0.135. The van der Waals surface area contributed by atoms with Crippen LogP contribution in [0.3, 0.4) is 0 Å². The Balaban J connectivity index is 1.33. The zero-order chi connectivity index (χ0) is 20.0. The number of hydrogen-bond donors (Lipinski definition) is 2. The van der Waals surface area contributed by atoms with E-state index >= 15 is 0 Å². The summed E-state index contributed by atoms with van der Waals surface area (Å²) in [7, 11) is 0. The molecule has 2 atom stereocenters. The number of fused-ring (bicyclic) bond motifs is 2. The number of hydrogen-bond acceptors (Lipinski definition) is 3. The highest BCUT2D eigenvalue weighted by Crippen LogP contribution is 2.42. The van der Waals surface area contributed by atoms with Crippen LogP contribution in [0.2, 0.25) is 0 Å². The Hall–Kier alpha value is -3.15. The number of nitrogens with one attached hydrogen (secondary N) is 2. The summed E-state index contributed by atoms with van der Waals surface area (Å²) >= 11 is 0. The van der Waals surface area contributed by atoms with Gasteiger partial charge in [0, 0.05) is 0 Å². The van der Waals surface area contributed by atoms with E-state index in [9.17, 15) is 14.4 Å². The number of benzene rings is 2. The van der Waals surface area contributed by atoms with Gasteiger partial charge in [-0.2, -0.15) is 0 Å². The van der Waals surface area contributed by atoms with Gasteiger partial charge in [-0.25, -0.2) is 4.79 Å². The first-order chi connectivity index (χ1) is 14.1. The second kappa shape index (κ2) is 6.72. The summed E-state index contributed by atoms with van der Waals surface area (Å²) in [6.45, 7) is -0.259. The SMILES string of the molecule is O=C(CN1C(=O)NC2(CCc3ccccc32)C1=O)NC(c1ccccc1)C1CC1. The van der Waals surface area contributed by atoms with Gasteiger partial charge in [-0.3, -0.25) is 14.5 Å². The molecule has 2 aliphatic carbocycles. The summed E-state index contributed by atoms with van der Waals surface area (Å²) in [6, 6.07) is 17.0. The first-order valence-corrected chi connectivity index (χ1v) is 10.2. The van der Waals surface area contributed by atoms with Crippen molar-refractivity contribution in [2.75, 3.05) is 6.54 Å². The molecule has 0 aromatic heterocycles. The minimum Gasteiger partial charge on any atom is -0.347 e. The molecule has 2 unspecified atom stereocenters. The number of rotatable bonds is 5. The summed E-state index contributed by atoms with van der Waals surface area (Å²) in [6.07, 6.45) is 3.41. The Morgan fingerprint density at radius 3 is 2.59 bits per heavy atom. The Bertz CT molecular complexity index is 986. The van der Waals surface area contributed by atoms with E-state index in [2.05, 4.69) is 10.6 Å². The van der Waals surface area contributed by atoms with Crippen LogP contribution in [0.25, 0.3) is 0 Å². The summed E-state index contributed by atoms with van der Waals surface area (Å²) in [5.41, 5.74) is 1.96. The second-order valence-electron chi connectivity index (χ2n) is 8.18. The standard InChI is InChI=1S/C23H23N3O3/c27-19(24-20(17-10-11-17)16-7-2-1-3-8-16)14-26-21(28)23(25-22(26)29)13-12-15-6-4-5-9-18(15)23/h1-9,17,20H,10-14H2,(H,24,27)(H,25,29). The van der Waals surface area contributed by atoms with Gasteiger partial charge in [0.1, 0.15) is 12.1 Å². The van der Waals surface area contributed by atoms with Gasteiger partial charge in [0.25, 0.3) is 5.91 Å². The quantitative estimate of drug-likeness (QED) is 0.772. The third kappa shape index (κ3) is 2.99. The van der Waals surface area contributed by atoms with Gasteiger partial charge in [-0.1, -0.05) is 54.6 Å². The number of nitrogens with zero attached hydrogens (tertiary/aromatic N) is 1. The van der Waals surface area contributed by atoms with Crippen LogP contribution in [-0.4, -0.2) is 29.3 Å². The maximum absolute atomic E-state index is 13.2. The van der Waals surface area contributed by atoms with Gasteiger partial charge in [0.2, 0.25) is 5.91 Å². The molecule has 1 aliphatic heterocycles. The zero-order valence-electron chi connectivity index (χ0n) is 16.1. The number of amides is 4. The molecule has 2 N–H and O–H groups in total. The third-order valence-corrected chi connectivity index (χ3v) is 6.29. The highest BCUT2D eigenvalue weighted by atomic mass is 16.2. The van der Waals surface area contributed by atoms with Crippen LogP contribution >= 0.6 is 0 Å². The smallest absolute Gasteiger partial charge is 0.325 e. The van der Waals surface area contributed by atoms with Crippen LogP contribution in [0.4, 0.5) is 4.79 Å². The first-order valence-electron chi connectivity index (χ1n) is 10.2. The van der Waals surface area contributed by atoms with Crippen molar-refractivity contribution in [2.45, 2.75) is 37.3 Å². The van der Waals surface area contributed by atoms with Crippen molar-refractivity contribution < 1.29 is 14.4 Å². The predicted molar refractivity (Wildman–Crippen MR) is 107 cm³/mol. The van der Waals surface area contributed by atoms with E-state index in [1.165, 1.54) is 0 Å². The number of carbonyl (C=O) groups excluding carboxylic acids is 3. The molecule has 1 spiro atoms. The average molecular weight is 389 g/mol. The molecule has 2 aromatic carbocycles. The van der Waals surface area contributed by atoms with Crippen molar-refractivity contribution in [1.82, 2.24) is 15.5 Å². The van der Waals surface area contributed by atoms with Crippen molar-refractivity contribution in [3.8, 4) is 0 Å². The Morgan fingerprint density at radius 1 is 1.10 bits per heavy atom. The lowest BCUT2D eigenvalue weighted by atomic mass is 9.92. The van der Waals surface area contributed by atoms with Crippen LogP contribution in [0.1, 0.15) is 42.0 Å². The van der Waals surface area contributed by atoms with Crippen molar-refractivity contribution in [1.29, 1.82) is 0 Å². The molecular weight excluding hydrogens is 366 g/mol. The number of aryl methyl sites for hydroxylation is 1. The molecule has 6 nitrogen and oxygen atoms in total. The van der Waals surface area contributed by atoms with Crippen LogP contribution in [0, 0.1) is 5.92 Å². The number of urea groups is 1. The van der Waals surface area contributed by atoms with Crippen LogP contribution in [-0.2, 0) is 21.5 Å². The maximum atomic E-state index is 13.2. The Kier molecular flexibility index (Phi) is 4.15. The molecule has 0 bridgehead atoms. The monoisotopic (exact) mass is 389 g/mol. The average Bonchev–Trinajstić information content (AvgIpc) is 3.48. The maximum Gasteiger partial charge on any atom is 0.325 e. The summed E-state index contributed by atoms with van der Waals surface area (Å²) in [5.74, 6) is -0.222. The number of imide groups is 1. The highest BCUT2D eigenvalue weighted by Gasteiger charge is 2.55. The molecule has 1 saturated carbocycles. The van der Waals surface area contributed by atoms with E-state index in [0.29, 0.717) is 12.3 Å². The summed E-state index contributed by atoms with van der Waals surface area (Å²) in [4.78, 5) is 39.6. The van der Waals surface area contributed by atoms with E-state index < -0.39 is 11.6 Å². The second-order valence-corrected chi connectivity index (χ2v) is 8.18. The van der Waals surface area contributed by atoms with Crippen molar-refractivity contribution in [3.05, 3.63) is 71.3 Å². The van der Waals surface area contributed by atoms with E-state index in [0.717, 1.165) is 40.9 Å². The highest BCUT2D eigenvalue weighted by molar-refractivity contribution is 6.09. The van der Waals surface area contributed by atoms with Crippen molar-refractivity contribution >= 4 is 17.8 Å². The molecule has 4 amide bonds. The molecule has 6 heteroatoms. The van der Waals surface area contributed by atoms with Crippen LogP contribution < -0.4 is 10.6 Å². The number of carbonyl (C=O) groups is 3. The molecule has 148 valence electrons. The van der Waals surface area contributed by atoms with E-state index in [1.54, 1.807) is 0 Å². The molecule has 5 rings (SSSR count). The minimum atomic E-state index is -1.02. The van der Waals surface area contributed by atoms with Gasteiger partial charge >= 0.3 is 6.03 Å². The molecule has 3 aliphatic rings. The molecule has 29 heavy (non-hydrogen) atoms. The Labute approximate surface area is 169 Å². The van der Waals surface area contributed by atoms with Gasteiger partial charge in [0.05, 0.1) is 6.04 Å². The normalized spacial score (nSPS) is 23.8. The lowest BCUT2D eigenvalue weighted by Gasteiger charge is -2.23. The minimum absolute atomic E-state index is 0.0781. The largest absolute Gasteiger partial charge is 0.347 e. The molecule has 1 saturated heterocycles. The van der Waals surface area contributed by atoms with E-state index in [1.807, 2.05) is 54.6 Å². The summed E-state index contributed by atoms with van der Waals surface area (Å²) in [5, 5.41) is 5.92. The van der Waals surface area contributed by atoms with Crippen LogP contribution in [0.15, 0.2) is 54.6 Å². The van der Waals surface area contributed by atoms with Crippen molar-refractivity contribution in [2.24, 2.45) is 5.92 Å². The zero-order valence-corrected chi connectivity index (χ0v) is 16.1. The fourth-order valence-corrected chi connectivity index (χ4v) is 4.66.